The number of carbonyl (C=O) groups is 4. The van der Waals surface area contributed by atoms with Crippen molar-refractivity contribution in [2.75, 3.05) is 32.1 Å². The van der Waals surface area contributed by atoms with E-state index in [0.717, 1.165) is 24.0 Å². The van der Waals surface area contributed by atoms with Gasteiger partial charge in [-0.25, -0.2) is 4.98 Å². The first-order valence-electron chi connectivity index (χ1n) is 14.3. The van der Waals surface area contributed by atoms with E-state index in [0.29, 0.717) is 18.8 Å². The Morgan fingerprint density at radius 3 is 2.34 bits per heavy atom. The lowest BCUT2D eigenvalue weighted by molar-refractivity contribution is -0.132. The van der Waals surface area contributed by atoms with Crippen LogP contribution in [-0.4, -0.2) is 84.2 Å². The zero-order valence-corrected chi connectivity index (χ0v) is 25.1. The Hall–Kier alpha value is -4.65. The highest BCUT2D eigenvalue weighted by Gasteiger charge is 2.33. The van der Waals surface area contributed by atoms with Crippen molar-refractivity contribution in [1.82, 2.24) is 25.1 Å². The summed E-state index contributed by atoms with van der Waals surface area (Å²) in [5, 5.41) is 7.72. The normalized spacial score (nSPS) is 14.4. The minimum absolute atomic E-state index is 0.0772. The molecule has 0 saturated carbocycles. The first-order chi connectivity index (χ1) is 21.1. The molecule has 230 valence electrons. The smallest absolute Gasteiger partial charge is 0.250 e. The fourth-order valence-corrected chi connectivity index (χ4v) is 4.85. The predicted molar refractivity (Wildman–Crippen MR) is 164 cm³/mol. The largest absolute Gasteiger partial charge is 0.497 e. The van der Waals surface area contributed by atoms with Crippen LogP contribution in [0.2, 0.25) is 0 Å². The van der Waals surface area contributed by atoms with E-state index >= 15 is 0 Å². The molecule has 1 aromatic heterocycles. The van der Waals surface area contributed by atoms with Crippen LogP contribution in [0.3, 0.4) is 0 Å². The van der Waals surface area contributed by atoms with Crippen molar-refractivity contribution < 1.29 is 28.7 Å². The van der Waals surface area contributed by atoms with E-state index < -0.39 is 35.2 Å². The zero-order valence-electron chi connectivity index (χ0n) is 25.1. The average Bonchev–Trinajstić information content (AvgIpc) is 3.70. The monoisotopic (exact) mass is 600 g/mol. The number of hydrogen-bond donors (Lipinski definition) is 3. The van der Waals surface area contributed by atoms with Crippen LogP contribution in [0.4, 0.5) is 10.6 Å². The highest BCUT2D eigenvalue weighted by atomic mass is 16.5. The van der Waals surface area contributed by atoms with Crippen LogP contribution in [-0.2, 0) is 25.7 Å². The molecule has 1 aliphatic heterocycles. The zero-order chi connectivity index (χ0) is 31.7. The Balaban J connectivity index is 1.52. The molecular weight excluding hydrogens is 563 g/mol. The van der Waals surface area contributed by atoms with Crippen LogP contribution in [0.1, 0.15) is 43.9 Å². The van der Waals surface area contributed by atoms with E-state index in [2.05, 4.69) is 20.9 Å². The topological polar surface area (TPSA) is 144 Å². The van der Waals surface area contributed by atoms with Crippen LogP contribution in [0.5, 0.6) is 5.75 Å². The van der Waals surface area contributed by atoms with Gasteiger partial charge in [0.15, 0.2) is 11.6 Å². The molecule has 2 unspecified atom stereocenters. The maximum absolute atomic E-state index is 13.6. The molecule has 0 bridgehead atoms. The Morgan fingerprint density at radius 1 is 1.02 bits per heavy atom. The summed E-state index contributed by atoms with van der Waals surface area (Å²) in [4.78, 5) is 57.7. The highest BCUT2D eigenvalue weighted by Crippen LogP contribution is 2.26. The maximum atomic E-state index is 13.6. The summed E-state index contributed by atoms with van der Waals surface area (Å²) in [6, 6.07) is 14.8. The van der Waals surface area contributed by atoms with Crippen molar-refractivity contribution in [2.45, 2.75) is 50.9 Å². The summed E-state index contributed by atoms with van der Waals surface area (Å²) < 4.78 is 12.7. The molecule has 0 spiro atoms. The van der Waals surface area contributed by atoms with Gasteiger partial charge in [0.25, 0.3) is 5.91 Å². The molecule has 4 rings (SSSR count). The first kappa shape index (κ1) is 32.3. The van der Waals surface area contributed by atoms with Crippen LogP contribution >= 0.6 is 0 Å². The molecule has 0 aliphatic carbocycles. The lowest BCUT2D eigenvalue weighted by atomic mass is 10.00. The van der Waals surface area contributed by atoms with E-state index in [1.807, 2.05) is 47.4 Å². The molecule has 2 heterocycles. The number of benzene rings is 2. The van der Waals surface area contributed by atoms with Gasteiger partial charge in [0.1, 0.15) is 23.4 Å². The third-order valence-electron chi connectivity index (χ3n) is 7.26. The standard InChI is InChI=1S/C31H37BN6O6/c1-31(2,36-30(32)42)29(41)34-24(19-44-18-21-9-5-4-6-10-21)27(39)35-25-17-38(20-33-25)26(28(40)37-15-7-8-16-37)22-11-13-23(43-3)14-12-22/h4-6,9-14,17,20,24,26H,7-8,15-16,18-19H2,1-3H3,(H,34,41)(H,35,39)(H,36,42). The van der Waals surface area contributed by atoms with Gasteiger partial charge >= 0.3 is 0 Å². The number of nitrogens with zero attached hydrogens (tertiary/aromatic N) is 3. The third kappa shape index (κ3) is 8.47. The molecule has 1 saturated heterocycles. The highest BCUT2D eigenvalue weighted by molar-refractivity contribution is 6.57. The molecule has 1 fully saturated rings. The summed E-state index contributed by atoms with van der Waals surface area (Å²) in [6.07, 6.45) is 4.94. The number of rotatable bonds is 13. The lowest BCUT2D eigenvalue weighted by Gasteiger charge is -2.27. The Labute approximate surface area is 257 Å². The number of carbonyl (C=O) groups excluding carboxylic acids is 4. The number of anilines is 1. The molecule has 2 radical (unpaired) electrons. The van der Waals surface area contributed by atoms with Gasteiger partial charge in [-0.05, 0) is 49.9 Å². The summed E-state index contributed by atoms with van der Waals surface area (Å²) in [5.74, 6) is -1.35. The minimum Gasteiger partial charge on any atom is -0.497 e. The van der Waals surface area contributed by atoms with E-state index in [1.165, 1.54) is 20.2 Å². The van der Waals surface area contributed by atoms with Crippen molar-refractivity contribution in [1.29, 1.82) is 0 Å². The predicted octanol–water partition coefficient (Wildman–Crippen LogP) is 2.40. The molecule has 12 nitrogen and oxygen atoms in total. The van der Waals surface area contributed by atoms with Crippen molar-refractivity contribution in [3.63, 3.8) is 0 Å². The molecule has 3 N–H and O–H groups in total. The first-order valence-corrected chi connectivity index (χ1v) is 14.3. The van der Waals surface area contributed by atoms with Crippen molar-refractivity contribution >= 4 is 37.2 Å². The van der Waals surface area contributed by atoms with E-state index in [-0.39, 0.29) is 24.9 Å². The van der Waals surface area contributed by atoms with Crippen LogP contribution in [0.15, 0.2) is 67.1 Å². The lowest BCUT2D eigenvalue weighted by Crippen LogP contribution is -2.59. The number of nitrogens with one attached hydrogen (secondary N) is 3. The number of ether oxygens (including phenoxy) is 2. The minimum atomic E-state index is -1.40. The molecule has 13 heteroatoms. The number of imidazole rings is 1. The van der Waals surface area contributed by atoms with Gasteiger partial charge in [-0.2, -0.15) is 0 Å². The van der Waals surface area contributed by atoms with E-state index in [4.69, 9.17) is 17.3 Å². The number of hydrogen-bond acceptors (Lipinski definition) is 7. The molecule has 2 atom stereocenters. The van der Waals surface area contributed by atoms with Gasteiger partial charge in [-0.15, -0.1) is 0 Å². The van der Waals surface area contributed by atoms with Gasteiger partial charge < -0.3 is 34.9 Å². The van der Waals surface area contributed by atoms with Crippen LogP contribution in [0, 0.1) is 0 Å². The van der Waals surface area contributed by atoms with Crippen molar-refractivity contribution in [3.8, 4) is 5.75 Å². The number of amides is 4. The molecule has 44 heavy (non-hydrogen) atoms. The Morgan fingerprint density at radius 2 is 1.70 bits per heavy atom. The van der Waals surface area contributed by atoms with E-state index in [1.54, 1.807) is 30.0 Å². The second-order valence-corrected chi connectivity index (χ2v) is 11.0. The average molecular weight is 600 g/mol. The Bertz CT molecular complexity index is 1440. The molecular formula is C31H37BN6O6. The van der Waals surface area contributed by atoms with Gasteiger partial charge in [0.05, 0.1) is 26.7 Å². The van der Waals surface area contributed by atoms with Gasteiger partial charge in [-0.1, -0.05) is 42.5 Å². The summed E-state index contributed by atoms with van der Waals surface area (Å²) in [7, 11) is 6.79. The summed E-state index contributed by atoms with van der Waals surface area (Å²) in [6.45, 7) is 4.32. The second-order valence-electron chi connectivity index (χ2n) is 11.0. The molecule has 4 amide bonds. The molecule has 1 aliphatic rings. The maximum Gasteiger partial charge on any atom is 0.250 e. The van der Waals surface area contributed by atoms with Crippen molar-refractivity contribution in [2.24, 2.45) is 0 Å². The number of aromatic nitrogens is 2. The summed E-state index contributed by atoms with van der Waals surface area (Å²) in [5.41, 5.74) is 0.230. The van der Waals surface area contributed by atoms with Crippen LogP contribution < -0.4 is 20.7 Å². The fourth-order valence-electron chi connectivity index (χ4n) is 4.85. The van der Waals surface area contributed by atoms with Gasteiger partial charge in [-0.3, -0.25) is 19.2 Å². The molecule has 2 aromatic carbocycles. The van der Waals surface area contributed by atoms with Crippen LogP contribution in [0.25, 0.3) is 0 Å². The van der Waals surface area contributed by atoms with Gasteiger partial charge in [0.2, 0.25) is 19.7 Å². The number of likely N-dealkylation sites (tertiary alicyclic amines) is 1. The number of methoxy groups -OCH3 is 1. The summed E-state index contributed by atoms with van der Waals surface area (Å²) >= 11 is 0. The second kappa shape index (κ2) is 14.7. The Kier molecular flexibility index (Phi) is 10.8. The SMILES string of the molecule is [B]C(=O)NC(C)(C)C(=O)NC(COCc1ccccc1)C(=O)Nc1cn(C(C(=O)N2CCCC2)c2ccc(OC)cc2)cn1. The van der Waals surface area contributed by atoms with Gasteiger partial charge in [0, 0.05) is 19.3 Å². The quantitative estimate of drug-likeness (QED) is 0.256. The third-order valence-corrected chi connectivity index (χ3v) is 7.26. The fraction of sp³-hybridized carbons (Fsp3) is 0.387. The van der Waals surface area contributed by atoms with E-state index in [9.17, 15) is 19.2 Å². The molecule has 3 aromatic rings. The van der Waals surface area contributed by atoms with Crippen molar-refractivity contribution in [3.05, 3.63) is 78.2 Å².